The van der Waals surface area contributed by atoms with Crippen molar-refractivity contribution < 1.29 is 4.74 Å². The zero-order chi connectivity index (χ0) is 10.6. The molecule has 0 amide bonds. The van der Waals surface area contributed by atoms with E-state index in [-0.39, 0.29) is 6.10 Å². The van der Waals surface area contributed by atoms with Gasteiger partial charge in [-0.3, -0.25) is 4.57 Å². The van der Waals surface area contributed by atoms with Crippen LogP contribution in [0.3, 0.4) is 0 Å². The van der Waals surface area contributed by atoms with E-state index in [1.54, 1.807) is 16.3 Å². The van der Waals surface area contributed by atoms with E-state index in [0.29, 0.717) is 5.95 Å². The van der Waals surface area contributed by atoms with Gasteiger partial charge in [-0.05, 0) is 13.8 Å². The van der Waals surface area contributed by atoms with Crippen LogP contribution in [-0.2, 0) is 11.8 Å². The van der Waals surface area contributed by atoms with Crippen LogP contribution < -0.4 is 5.73 Å². The van der Waals surface area contributed by atoms with Crippen LogP contribution in [0.15, 0.2) is 5.16 Å². The van der Waals surface area contributed by atoms with Gasteiger partial charge in [0.1, 0.15) is 0 Å². The lowest BCUT2D eigenvalue weighted by atomic mass is 10.5. The maximum atomic E-state index is 5.54. The molecule has 0 radical (unpaired) electrons. The molecule has 0 aliphatic rings. The van der Waals surface area contributed by atoms with Crippen LogP contribution in [-0.4, -0.2) is 33.2 Å². The number of nitrogens with two attached hydrogens (primary N) is 1. The fourth-order valence-corrected chi connectivity index (χ4v) is 1.62. The second kappa shape index (κ2) is 5.21. The van der Waals surface area contributed by atoms with Crippen LogP contribution in [0, 0.1) is 0 Å². The lowest BCUT2D eigenvalue weighted by Crippen LogP contribution is -2.06. The molecule has 1 aromatic heterocycles. The highest BCUT2D eigenvalue weighted by Gasteiger charge is 2.05. The molecule has 5 nitrogen and oxygen atoms in total. The average Bonchev–Trinajstić information content (AvgIpc) is 2.43. The lowest BCUT2D eigenvalue weighted by molar-refractivity contribution is 0.0920. The van der Waals surface area contributed by atoms with Crippen LogP contribution in [0.5, 0.6) is 0 Å². The number of hydrogen-bond donors (Lipinski definition) is 1. The summed E-state index contributed by atoms with van der Waals surface area (Å²) < 4.78 is 7.16. The Kier molecular flexibility index (Phi) is 4.21. The van der Waals surface area contributed by atoms with Crippen molar-refractivity contribution in [3.63, 3.8) is 0 Å². The number of ether oxygens (including phenoxy) is 1. The average molecular weight is 216 g/mol. The Morgan fingerprint density at radius 3 is 2.71 bits per heavy atom. The normalized spacial score (nSPS) is 11.1. The fraction of sp³-hybridized carbons (Fsp3) is 0.750. The Morgan fingerprint density at radius 2 is 2.21 bits per heavy atom. The fourth-order valence-electron chi connectivity index (χ4n) is 0.869. The quantitative estimate of drug-likeness (QED) is 0.585. The van der Waals surface area contributed by atoms with Crippen molar-refractivity contribution in [2.75, 3.05) is 18.1 Å². The van der Waals surface area contributed by atoms with E-state index in [1.165, 1.54) is 0 Å². The van der Waals surface area contributed by atoms with Crippen LogP contribution in [0.2, 0.25) is 0 Å². The van der Waals surface area contributed by atoms with E-state index in [2.05, 4.69) is 10.2 Å². The highest BCUT2D eigenvalue weighted by atomic mass is 32.2. The summed E-state index contributed by atoms with van der Waals surface area (Å²) in [6, 6.07) is 0. The second-order valence-corrected chi connectivity index (χ2v) is 4.23. The third-order valence-corrected chi connectivity index (χ3v) is 2.62. The molecule has 1 aromatic rings. The van der Waals surface area contributed by atoms with Gasteiger partial charge >= 0.3 is 0 Å². The minimum Gasteiger partial charge on any atom is -0.378 e. The molecule has 1 rings (SSSR count). The van der Waals surface area contributed by atoms with Crippen LogP contribution >= 0.6 is 11.8 Å². The Bertz CT molecular complexity index is 287. The van der Waals surface area contributed by atoms with Crippen molar-refractivity contribution in [3.05, 3.63) is 0 Å². The first-order chi connectivity index (χ1) is 6.61. The second-order valence-electron chi connectivity index (χ2n) is 3.17. The van der Waals surface area contributed by atoms with Crippen molar-refractivity contribution in [1.29, 1.82) is 0 Å². The van der Waals surface area contributed by atoms with E-state index in [0.717, 1.165) is 17.5 Å². The predicted molar refractivity (Wildman–Crippen MR) is 57.2 cm³/mol. The Morgan fingerprint density at radius 1 is 1.50 bits per heavy atom. The molecule has 0 unspecified atom stereocenters. The molecule has 0 aromatic carbocycles. The van der Waals surface area contributed by atoms with Gasteiger partial charge in [-0.1, -0.05) is 11.8 Å². The third kappa shape index (κ3) is 3.19. The standard InChI is InChI=1S/C8H16N4OS/c1-6(2)13-4-5-14-8-11-10-7(9)12(8)3/h6H,4-5H2,1-3H3,(H2,9,10). The summed E-state index contributed by atoms with van der Waals surface area (Å²) in [5, 5.41) is 8.52. The molecule has 14 heavy (non-hydrogen) atoms. The van der Waals surface area contributed by atoms with Crippen molar-refractivity contribution in [2.24, 2.45) is 7.05 Å². The summed E-state index contributed by atoms with van der Waals surface area (Å²) >= 11 is 1.59. The van der Waals surface area contributed by atoms with Crippen molar-refractivity contribution >= 4 is 17.7 Å². The molecule has 0 spiro atoms. The molecule has 0 atom stereocenters. The topological polar surface area (TPSA) is 66.0 Å². The van der Waals surface area contributed by atoms with Gasteiger partial charge in [0.15, 0.2) is 5.16 Å². The van der Waals surface area contributed by atoms with Gasteiger partial charge < -0.3 is 10.5 Å². The summed E-state index contributed by atoms with van der Waals surface area (Å²) in [6.07, 6.45) is 0.278. The van der Waals surface area contributed by atoms with Gasteiger partial charge in [-0.25, -0.2) is 0 Å². The zero-order valence-corrected chi connectivity index (χ0v) is 9.54. The molecule has 0 saturated heterocycles. The Hall–Kier alpha value is -0.750. The van der Waals surface area contributed by atoms with Crippen molar-refractivity contribution in [1.82, 2.24) is 14.8 Å². The van der Waals surface area contributed by atoms with E-state index >= 15 is 0 Å². The number of thioether (sulfide) groups is 1. The van der Waals surface area contributed by atoms with Crippen LogP contribution in [0.4, 0.5) is 5.95 Å². The minimum atomic E-state index is 0.278. The van der Waals surface area contributed by atoms with E-state index in [9.17, 15) is 0 Å². The number of hydrogen-bond acceptors (Lipinski definition) is 5. The smallest absolute Gasteiger partial charge is 0.222 e. The zero-order valence-electron chi connectivity index (χ0n) is 8.73. The van der Waals surface area contributed by atoms with E-state index < -0.39 is 0 Å². The molecule has 0 fully saturated rings. The number of nitrogen functional groups attached to an aromatic ring is 1. The molecule has 1 heterocycles. The first-order valence-electron chi connectivity index (χ1n) is 4.50. The maximum Gasteiger partial charge on any atom is 0.222 e. The third-order valence-electron chi connectivity index (χ3n) is 1.63. The van der Waals surface area contributed by atoms with Gasteiger partial charge in [-0.2, -0.15) is 0 Å². The van der Waals surface area contributed by atoms with Crippen LogP contribution in [0.25, 0.3) is 0 Å². The first-order valence-corrected chi connectivity index (χ1v) is 5.49. The van der Waals surface area contributed by atoms with E-state index in [4.69, 9.17) is 10.5 Å². The van der Waals surface area contributed by atoms with Crippen LogP contribution in [0.1, 0.15) is 13.8 Å². The first kappa shape index (κ1) is 11.3. The molecule has 6 heteroatoms. The van der Waals surface area contributed by atoms with Gasteiger partial charge in [0.2, 0.25) is 5.95 Å². The maximum absolute atomic E-state index is 5.54. The van der Waals surface area contributed by atoms with E-state index in [1.807, 2.05) is 20.9 Å². The summed E-state index contributed by atoms with van der Waals surface area (Å²) in [7, 11) is 1.85. The molecule has 2 N–H and O–H groups in total. The number of rotatable bonds is 5. The Labute approximate surface area is 88.0 Å². The van der Waals surface area contributed by atoms with Gasteiger partial charge in [0, 0.05) is 12.8 Å². The van der Waals surface area contributed by atoms with Gasteiger partial charge in [0.05, 0.1) is 12.7 Å². The molecule has 0 aliphatic heterocycles. The molecular weight excluding hydrogens is 200 g/mol. The lowest BCUT2D eigenvalue weighted by Gasteiger charge is -2.06. The SMILES string of the molecule is CC(C)OCCSc1nnc(N)n1C. The molecule has 0 aliphatic carbocycles. The summed E-state index contributed by atoms with van der Waals surface area (Å²) in [4.78, 5) is 0. The number of anilines is 1. The largest absolute Gasteiger partial charge is 0.378 e. The summed E-state index contributed by atoms with van der Waals surface area (Å²) in [5.74, 6) is 1.31. The summed E-state index contributed by atoms with van der Waals surface area (Å²) in [6.45, 7) is 4.76. The molecular formula is C8H16N4OS. The van der Waals surface area contributed by atoms with Crippen molar-refractivity contribution in [2.45, 2.75) is 25.1 Å². The summed E-state index contributed by atoms with van der Waals surface area (Å²) in [5.41, 5.74) is 5.54. The monoisotopic (exact) mass is 216 g/mol. The minimum absolute atomic E-state index is 0.278. The van der Waals surface area contributed by atoms with Gasteiger partial charge in [-0.15, -0.1) is 10.2 Å². The molecule has 0 saturated carbocycles. The van der Waals surface area contributed by atoms with Gasteiger partial charge in [0.25, 0.3) is 0 Å². The highest BCUT2D eigenvalue weighted by molar-refractivity contribution is 7.99. The highest BCUT2D eigenvalue weighted by Crippen LogP contribution is 2.15. The Balaban J connectivity index is 2.28. The molecule has 80 valence electrons. The predicted octanol–water partition coefficient (Wildman–Crippen LogP) is 0.914. The van der Waals surface area contributed by atoms with Crippen molar-refractivity contribution in [3.8, 4) is 0 Å². The number of aromatic nitrogens is 3. The molecule has 0 bridgehead atoms. The number of nitrogens with zero attached hydrogens (tertiary/aromatic N) is 3.